The zero-order valence-electron chi connectivity index (χ0n) is 8.60. The fourth-order valence-corrected chi connectivity index (χ4v) is 8.53. The van der Waals surface area contributed by atoms with Crippen LogP contribution in [0.1, 0.15) is 20.3 Å². The van der Waals surface area contributed by atoms with Gasteiger partial charge in [-0.05, 0) is 17.7 Å². The predicted molar refractivity (Wildman–Crippen MR) is 63.4 cm³/mol. The average molecular weight is 280 g/mol. The molecule has 0 rings (SSSR count). The molecule has 0 fully saturated rings. The first-order chi connectivity index (χ1) is 6.11. The molecule has 0 saturated carbocycles. The molecule has 0 aliphatic rings. The van der Waals surface area contributed by atoms with Gasteiger partial charge in [0.15, 0.2) is 0 Å². The Labute approximate surface area is 94.4 Å². The molecule has 0 aliphatic carbocycles. The Morgan fingerprint density at radius 3 is 2.29 bits per heavy atom. The lowest BCUT2D eigenvalue weighted by Crippen LogP contribution is -2.20. The van der Waals surface area contributed by atoms with E-state index < -0.39 is 15.9 Å². The van der Waals surface area contributed by atoms with Crippen molar-refractivity contribution in [2.75, 3.05) is 13.3 Å². The van der Waals surface area contributed by atoms with Gasteiger partial charge in [-0.15, -0.1) is 4.08 Å². The van der Waals surface area contributed by atoms with E-state index in [-0.39, 0.29) is 5.25 Å². The van der Waals surface area contributed by atoms with Crippen LogP contribution in [0.3, 0.4) is 0 Å². The van der Waals surface area contributed by atoms with E-state index in [0.29, 0.717) is 0 Å². The highest BCUT2D eigenvalue weighted by Gasteiger charge is 2.33. The van der Waals surface area contributed by atoms with Crippen LogP contribution in [-0.2, 0) is 14.6 Å². The van der Waals surface area contributed by atoms with Gasteiger partial charge >= 0.3 is 5.85 Å². The Morgan fingerprint density at radius 1 is 1.57 bits per heavy atom. The standard InChI is InChI=1S/C6H15ClNO3PS2/c1-5-6(2)13-12(7,9)8(3)14(4,10)11/h6H,5H2,1-4H3. The third-order valence-corrected chi connectivity index (χ3v) is 10.4. The van der Waals surface area contributed by atoms with Gasteiger partial charge in [-0.1, -0.05) is 25.2 Å². The predicted octanol–water partition coefficient (Wildman–Crippen LogP) is 2.76. The molecule has 0 radical (unpaired) electrons. The Kier molecular flexibility index (Phi) is 5.50. The molecule has 2 unspecified atom stereocenters. The molecule has 14 heavy (non-hydrogen) atoms. The van der Waals surface area contributed by atoms with E-state index in [1.165, 1.54) is 7.05 Å². The van der Waals surface area contributed by atoms with Crippen LogP contribution in [0, 0.1) is 0 Å². The third kappa shape index (κ3) is 4.53. The summed E-state index contributed by atoms with van der Waals surface area (Å²) >= 11 is 6.71. The second kappa shape index (κ2) is 5.21. The van der Waals surface area contributed by atoms with Gasteiger partial charge in [-0.25, -0.2) is 8.42 Å². The minimum atomic E-state index is -3.50. The summed E-state index contributed by atoms with van der Waals surface area (Å²) in [4.78, 5) is 0. The van der Waals surface area contributed by atoms with Crippen LogP contribution in [0.25, 0.3) is 0 Å². The van der Waals surface area contributed by atoms with Crippen molar-refractivity contribution < 1.29 is 13.0 Å². The summed E-state index contributed by atoms with van der Waals surface area (Å²) in [5.41, 5.74) is 0. The smallest absolute Gasteiger partial charge is 0.276 e. The zero-order valence-corrected chi connectivity index (χ0v) is 11.9. The molecular formula is C6H15ClNO3PS2. The lowest BCUT2D eigenvalue weighted by molar-refractivity contribution is 0.542. The molecule has 0 aromatic carbocycles. The van der Waals surface area contributed by atoms with Gasteiger partial charge in [0.1, 0.15) is 0 Å². The molecule has 0 aromatic heterocycles. The summed E-state index contributed by atoms with van der Waals surface area (Å²) < 4.78 is 34.8. The summed E-state index contributed by atoms with van der Waals surface area (Å²) in [6, 6.07) is 0. The van der Waals surface area contributed by atoms with Gasteiger partial charge in [-0.3, -0.25) is 4.57 Å². The van der Waals surface area contributed by atoms with Crippen molar-refractivity contribution >= 4 is 38.5 Å². The second-order valence-corrected chi connectivity index (χ2v) is 11.9. The first-order valence-electron chi connectivity index (χ1n) is 4.03. The lowest BCUT2D eigenvalue weighted by Gasteiger charge is -2.21. The normalized spacial score (nSPS) is 19.3. The number of nitrogens with zero attached hydrogens (tertiary/aromatic N) is 1. The first-order valence-corrected chi connectivity index (χ1v) is 9.93. The summed E-state index contributed by atoms with van der Waals surface area (Å²) in [7, 11) is -2.26. The van der Waals surface area contributed by atoms with Crippen LogP contribution in [0.4, 0.5) is 0 Å². The van der Waals surface area contributed by atoms with Gasteiger partial charge in [-0.2, -0.15) is 0 Å². The summed E-state index contributed by atoms with van der Waals surface area (Å²) in [6.07, 6.45) is 1.78. The maximum atomic E-state index is 11.8. The Balaban J connectivity index is 4.72. The fraction of sp³-hybridized carbons (Fsp3) is 1.00. The van der Waals surface area contributed by atoms with Crippen LogP contribution in [0.15, 0.2) is 0 Å². The molecule has 0 amide bonds. The molecule has 4 nitrogen and oxygen atoms in total. The van der Waals surface area contributed by atoms with Crippen molar-refractivity contribution in [2.24, 2.45) is 0 Å². The minimum Gasteiger partial charge on any atom is -0.276 e. The van der Waals surface area contributed by atoms with Gasteiger partial charge in [0.05, 0.1) is 6.26 Å². The molecule has 0 aromatic rings. The van der Waals surface area contributed by atoms with E-state index in [1.807, 2.05) is 13.8 Å². The maximum absolute atomic E-state index is 11.8. The quantitative estimate of drug-likeness (QED) is 0.726. The number of sulfonamides is 1. The first kappa shape index (κ1) is 14.8. The molecular weight excluding hydrogens is 265 g/mol. The highest BCUT2D eigenvalue weighted by atomic mass is 35.7. The molecule has 0 bridgehead atoms. The van der Waals surface area contributed by atoms with Gasteiger partial charge < -0.3 is 0 Å². The molecule has 0 N–H and O–H groups in total. The van der Waals surface area contributed by atoms with Crippen molar-refractivity contribution in [3.05, 3.63) is 0 Å². The van der Waals surface area contributed by atoms with Crippen molar-refractivity contribution in [1.82, 2.24) is 4.08 Å². The largest absolute Gasteiger partial charge is 0.302 e. The van der Waals surface area contributed by atoms with Crippen molar-refractivity contribution in [3.63, 3.8) is 0 Å². The van der Waals surface area contributed by atoms with Crippen molar-refractivity contribution in [1.29, 1.82) is 0 Å². The van der Waals surface area contributed by atoms with Gasteiger partial charge in [0.25, 0.3) is 0 Å². The fourth-order valence-electron chi connectivity index (χ4n) is 0.540. The van der Waals surface area contributed by atoms with E-state index in [9.17, 15) is 13.0 Å². The van der Waals surface area contributed by atoms with E-state index in [0.717, 1.165) is 28.1 Å². The zero-order chi connectivity index (χ0) is 11.6. The monoisotopic (exact) mass is 279 g/mol. The molecule has 0 spiro atoms. The minimum absolute atomic E-state index is 0.0718. The van der Waals surface area contributed by atoms with E-state index in [1.54, 1.807) is 0 Å². The number of hydrogen-bond donors (Lipinski definition) is 0. The van der Waals surface area contributed by atoms with Gasteiger partial charge in [0, 0.05) is 12.3 Å². The summed E-state index contributed by atoms with van der Waals surface area (Å²) in [5, 5.41) is 0.0718. The Bertz CT molecular complexity index is 332. The van der Waals surface area contributed by atoms with E-state index in [2.05, 4.69) is 0 Å². The van der Waals surface area contributed by atoms with E-state index >= 15 is 0 Å². The average Bonchev–Trinajstić information content (AvgIpc) is 2.00. The van der Waals surface area contributed by atoms with Crippen molar-refractivity contribution in [2.45, 2.75) is 25.5 Å². The van der Waals surface area contributed by atoms with Crippen LogP contribution in [0.5, 0.6) is 0 Å². The summed E-state index contributed by atoms with van der Waals surface area (Å²) in [6.45, 7) is 3.78. The molecule has 86 valence electrons. The molecule has 8 heteroatoms. The SMILES string of the molecule is CCC(C)SP(=O)(Cl)N(C)S(C)(=O)=O. The highest BCUT2D eigenvalue weighted by Crippen LogP contribution is 2.67. The van der Waals surface area contributed by atoms with Crippen molar-refractivity contribution in [3.8, 4) is 0 Å². The number of hydrogen-bond acceptors (Lipinski definition) is 4. The number of halogens is 1. The van der Waals surface area contributed by atoms with Crippen LogP contribution >= 0.6 is 28.5 Å². The van der Waals surface area contributed by atoms with E-state index in [4.69, 9.17) is 11.2 Å². The second-order valence-electron chi connectivity index (χ2n) is 2.97. The van der Waals surface area contributed by atoms with Gasteiger partial charge in [0.2, 0.25) is 10.0 Å². The topological polar surface area (TPSA) is 54.5 Å². The van der Waals surface area contributed by atoms with Crippen LogP contribution in [0.2, 0.25) is 0 Å². The number of rotatable bonds is 5. The molecule has 0 aliphatic heterocycles. The third-order valence-electron chi connectivity index (χ3n) is 1.70. The maximum Gasteiger partial charge on any atom is 0.302 e. The molecule has 0 saturated heterocycles. The van der Waals surface area contributed by atoms with Crippen LogP contribution < -0.4 is 0 Å². The highest BCUT2D eigenvalue weighted by molar-refractivity contribution is 8.65. The summed E-state index contributed by atoms with van der Waals surface area (Å²) in [5.74, 6) is -3.34. The Hall–Kier alpha value is 0.780. The molecule has 0 heterocycles. The lowest BCUT2D eigenvalue weighted by atomic mass is 10.4. The molecule has 2 atom stereocenters. The van der Waals surface area contributed by atoms with Crippen LogP contribution in [-0.4, -0.2) is 31.0 Å². The Morgan fingerprint density at radius 2 is 2.00 bits per heavy atom.